The Morgan fingerprint density at radius 1 is 1.10 bits per heavy atom. The Kier molecular flexibility index (Phi) is 6.09. The van der Waals surface area contributed by atoms with Crippen LogP contribution in [0.15, 0.2) is 48.5 Å². The van der Waals surface area contributed by atoms with Gasteiger partial charge in [-0.1, -0.05) is 35.9 Å². The molecular formula is C23H26ClN3O3. The van der Waals surface area contributed by atoms with Gasteiger partial charge >= 0.3 is 0 Å². The van der Waals surface area contributed by atoms with Gasteiger partial charge in [0.15, 0.2) is 0 Å². The summed E-state index contributed by atoms with van der Waals surface area (Å²) in [5.74, 6) is -0.379. The van der Waals surface area contributed by atoms with Gasteiger partial charge in [-0.2, -0.15) is 0 Å². The lowest BCUT2D eigenvalue weighted by Crippen LogP contribution is -2.51. The number of anilines is 1. The minimum atomic E-state index is -0.819. The Labute approximate surface area is 181 Å². The molecule has 2 amide bonds. The van der Waals surface area contributed by atoms with Crippen molar-refractivity contribution in [1.29, 1.82) is 0 Å². The number of carbonyl (C=O) groups is 2. The van der Waals surface area contributed by atoms with Crippen LogP contribution in [0.25, 0.3) is 0 Å². The first kappa shape index (κ1) is 20.8. The van der Waals surface area contributed by atoms with Crippen LogP contribution in [0.4, 0.5) is 5.69 Å². The van der Waals surface area contributed by atoms with Gasteiger partial charge in [-0.25, -0.2) is 0 Å². The number of nitrogens with two attached hydrogens (primary N) is 1. The standard InChI is InChI=1S/C23H26ClN3O3/c24-19-6-2-17(3-7-19)10-13-26-12-1-11-23(26,22(25)29)18-4-8-20(9-5-18)27-14-15-30-16-21(27)28/h2-9H,1,10-16H2,(H2,25,29). The van der Waals surface area contributed by atoms with Gasteiger partial charge in [-0.05, 0) is 61.2 Å². The fourth-order valence-electron chi connectivity index (χ4n) is 4.55. The smallest absolute Gasteiger partial charge is 0.253 e. The van der Waals surface area contributed by atoms with Crippen LogP contribution in [0, 0.1) is 0 Å². The summed E-state index contributed by atoms with van der Waals surface area (Å²) in [5.41, 5.74) is 8.02. The number of ether oxygens (including phenoxy) is 1. The minimum Gasteiger partial charge on any atom is -0.370 e. The van der Waals surface area contributed by atoms with Crippen molar-refractivity contribution in [3.8, 4) is 0 Å². The monoisotopic (exact) mass is 427 g/mol. The summed E-state index contributed by atoms with van der Waals surface area (Å²) in [7, 11) is 0. The number of hydrogen-bond donors (Lipinski definition) is 1. The molecule has 2 heterocycles. The fraction of sp³-hybridized carbons (Fsp3) is 0.391. The zero-order valence-electron chi connectivity index (χ0n) is 16.9. The highest BCUT2D eigenvalue weighted by atomic mass is 35.5. The van der Waals surface area contributed by atoms with Crippen LogP contribution in [0.1, 0.15) is 24.0 Å². The van der Waals surface area contributed by atoms with Crippen molar-refractivity contribution < 1.29 is 14.3 Å². The van der Waals surface area contributed by atoms with Crippen LogP contribution in [0.2, 0.25) is 5.02 Å². The summed E-state index contributed by atoms with van der Waals surface area (Å²) >= 11 is 5.98. The van der Waals surface area contributed by atoms with Crippen molar-refractivity contribution in [2.45, 2.75) is 24.8 Å². The van der Waals surface area contributed by atoms with Crippen molar-refractivity contribution in [3.05, 3.63) is 64.7 Å². The van der Waals surface area contributed by atoms with Crippen LogP contribution >= 0.6 is 11.6 Å². The summed E-state index contributed by atoms with van der Waals surface area (Å²) in [6.45, 7) is 2.71. The summed E-state index contributed by atoms with van der Waals surface area (Å²) in [6.07, 6.45) is 2.42. The number of carbonyl (C=O) groups excluding carboxylic acids is 2. The van der Waals surface area contributed by atoms with Crippen LogP contribution in [0.5, 0.6) is 0 Å². The molecule has 0 aromatic heterocycles. The molecule has 2 fully saturated rings. The number of rotatable bonds is 6. The average molecular weight is 428 g/mol. The van der Waals surface area contributed by atoms with Gasteiger partial charge in [0, 0.05) is 23.8 Å². The number of morpholine rings is 1. The van der Waals surface area contributed by atoms with Gasteiger partial charge in [0.1, 0.15) is 12.1 Å². The number of likely N-dealkylation sites (tertiary alicyclic amines) is 1. The van der Waals surface area contributed by atoms with Crippen molar-refractivity contribution >= 4 is 29.1 Å². The first-order valence-electron chi connectivity index (χ1n) is 10.3. The van der Waals surface area contributed by atoms with Crippen molar-refractivity contribution in [1.82, 2.24) is 4.90 Å². The summed E-state index contributed by atoms with van der Waals surface area (Å²) in [5, 5.41) is 0.713. The second kappa shape index (κ2) is 8.76. The SMILES string of the molecule is NC(=O)C1(c2ccc(N3CCOCC3=O)cc2)CCCN1CCc1ccc(Cl)cc1. The first-order valence-corrected chi connectivity index (χ1v) is 10.7. The maximum atomic E-state index is 12.7. The number of primary amides is 1. The minimum absolute atomic E-state index is 0.0518. The molecule has 0 spiro atoms. The Morgan fingerprint density at radius 2 is 1.83 bits per heavy atom. The number of halogens is 1. The molecule has 2 aliphatic rings. The predicted octanol–water partition coefficient (Wildman–Crippen LogP) is 2.72. The summed E-state index contributed by atoms with van der Waals surface area (Å²) in [6, 6.07) is 15.5. The zero-order valence-corrected chi connectivity index (χ0v) is 17.6. The summed E-state index contributed by atoms with van der Waals surface area (Å²) < 4.78 is 5.20. The van der Waals surface area contributed by atoms with E-state index in [4.69, 9.17) is 22.1 Å². The lowest BCUT2D eigenvalue weighted by atomic mass is 9.86. The van der Waals surface area contributed by atoms with E-state index in [0.717, 1.165) is 37.2 Å². The Bertz CT molecular complexity index is 916. The maximum absolute atomic E-state index is 12.7. The quantitative estimate of drug-likeness (QED) is 0.769. The zero-order chi connectivity index (χ0) is 21.1. The molecule has 30 heavy (non-hydrogen) atoms. The van der Waals surface area contributed by atoms with Crippen molar-refractivity contribution in [3.63, 3.8) is 0 Å². The topological polar surface area (TPSA) is 75.9 Å². The van der Waals surface area contributed by atoms with E-state index in [-0.39, 0.29) is 18.4 Å². The molecule has 0 aliphatic carbocycles. The molecule has 0 bridgehead atoms. The highest BCUT2D eigenvalue weighted by Crippen LogP contribution is 2.39. The molecule has 0 saturated carbocycles. The molecule has 4 rings (SSSR count). The van der Waals surface area contributed by atoms with E-state index in [2.05, 4.69) is 4.90 Å². The van der Waals surface area contributed by atoms with Crippen LogP contribution in [-0.2, 0) is 26.3 Å². The van der Waals surface area contributed by atoms with Crippen molar-refractivity contribution in [2.24, 2.45) is 5.73 Å². The first-order chi connectivity index (χ1) is 14.5. The van der Waals surface area contributed by atoms with E-state index in [1.54, 1.807) is 4.90 Å². The number of nitrogens with zero attached hydrogens (tertiary/aromatic N) is 2. The van der Waals surface area contributed by atoms with E-state index in [9.17, 15) is 9.59 Å². The van der Waals surface area contributed by atoms with Gasteiger partial charge in [-0.15, -0.1) is 0 Å². The van der Waals surface area contributed by atoms with E-state index < -0.39 is 5.54 Å². The molecule has 0 radical (unpaired) electrons. The van der Waals surface area contributed by atoms with E-state index in [1.165, 1.54) is 5.56 Å². The van der Waals surface area contributed by atoms with Crippen LogP contribution in [0.3, 0.4) is 0 Å². The number of amides is 2. The molecule has 6 nitrogen and oxygen atoms in total. The third kappa shape index (κ3) is 3.95. The molecule has 1 atom stereocenters. The van der Waals surface area contributed by atoms with Crippen LogP contribution in [-0.4, -0.2) is 49.6 Å². The van der Waals surface area contributed by atoms with Gasteiger partial charge in [0.25, 0.3) is 5.91 Å². The average Bonchev–Trinajstić information content (AvgIpc) is 3.19. The third-order valence-corrected chi connectivity index (χ3v) is 6.39. The van der Waals surface area contributed by atoms with Gasteiger partial charge in [0.05, 0.1) is 6.61 Å². The van der Waals surface area contributed by atoms with Gasteiger partial charge in [-0.3, -0.25) is 14.5 Å². The number of benzene rings is 2. The van der Waals surface area contributed by atoms with E-state index in [0.29, 0.717) is 24.6 Å². The summed E-state index contributed by atoms with van der Waals surface area (Å²) in [4.78, 5) is 28.7. The Hall–Kier alpha value is -2.41. The highest BCUT2D eigenvalue weighted by Gasteiger charge is 2.47. The second-order valence-electron chi connectivity index (χ2n) is 7.84. The molecule has 158 valence electrons. The van der Waals surface area contributed by atoms with Gasteiger partial charge in [0.2, 0.25) is 5.91 Å². The fourth-order valence-corrected chi connectivity index (χ4v) is 4.67. The lowest BCUT2D eigenvalue weighted by molar-refractivity contribution is -0.129. The van der Waals surface area contributed by atoms with Gasteiger partial charge < -0.3 is 15.4 Å². The van der Waals surface area contributed by atoms with E-state index in [1.807, 2.05) is 48.5 Å². The second-order valence-corrected chi connectivity index (χ2v) is 8.27. The maximum Gasteiger partial charge on any atom is 0.253 e. The largest absolute Gasteiger partial charge is 0.370 e. The molecular weight excluding hydrogens is 402 g/mol. The molecule has 2 aliphatic heterocycles. The lowest BCUT2D eigenvalue weighted by Gasteiger charge is -2.37. The highest BCUT2D eigenvalue weighted by molar-refractivity contribution is 6.30. The molecule has 2 N–H and O–H groups in total. The molecule has 2 aromatic carbocycles. The Balaban J connectivity index is 1.55. The molecule has 7 heteroatoms. The molecule has 2 saturated heterocycles. The third-order valence-electron chi connectivity index (χ3n) is 6.14. The Morgan fingerprint density at radius 3 is 2.50 bits per heavy atom. The normalized spacial score (nSPS) is 22.4. The van der Waals surface area contributed by atoms with Crippen molar-refractivity contribution in [2.75, 3.05) is 37.7 Å². The number of hydrogen-bond acceptors (Lipinski definition) is 4. The molecule has 1 unspecified atom stereocenters. The van der Waals surface area contributed by atoms with E-state index >= 15 is 0 Å². The van der Waals surface area contributed by atoms with Crippen LogP contribution < -0.4 is 10.6 Å². The predicted molar refractivity (Wildman–Crippen MR) is 116 cm³/mol. The molecule has 2 aromatic rings.